The van der Waals surface area contributed by atoms with Crippen LogP contribution in [-0.4, -0.2) is 54.6 Å². The van der Waals surface area contributed by atoms with Gasteiger partial charge in [-0.3, -0.25) is 4.79 Å². The Morgan fingerprint density at radius 1 is 1.34 bits per heavy atom. The molecular formula is C21H27N6O2+. The van der Waals surface area contributed by atoms with Gasteiger partial charge in [0.1, 0.15) is 18.6 Å². The van der Waals surface area contributed by atoms with Crippen LogP contribution in [0.25, 0.3) is 16.6 Å². The summed E-state index contributed by atoms with van der Waals surface area (Å²) in [7, 11) is 1.99. The third-order valence-electron chi connectivity index (χ3n) is 5.17. The van der Waals surface area contributed by atoms with Crippen LogP contribution < -0.4 is 20.5 Å². The molecule has 1 fully saturated rings. The summed E-state index contributed by atoms with van der Waals surface area (Å²) < 4.78 is 9.54. The Kier molecular flexibility index (Phi) is 5.46. The summed E-state index contributed by atoms with van der Waals surface area (Å²) >= 11 is 0. The van der Waals surface area contributed by atoms with E-state index in [0.717, 1.165) is 22.4 Å². The molecule has 2 aromatic heterocycles. The molecule has 8 heteroatoms. The molecule has 0 aliphatic carbocycles. The van der Waals surface area contributed by atoms with Gasteiger partial charge in [0.25, 0.3) is 0 Å². The van der Waals surface area contributed by atoms with Crippen molar-refractivity contribution in [2.24, 2.45) is 12.8 Å². The second-order valence-corrected chi connectivity index (χ2v) is 7.34. The minimum atomic E-state index is -0.436. The number of pyridine rings is 1. The molecule has 0 saturated carbocycles. The van der Waals surface area contributed by atoms with Crippen molar-refractivity contribution in [2.75, 3.05) is 37.7 Å². The molecule has 29 heavy (non-hydrogen) atoms. The number of rotatable bonds is 5. The smallest absolute Gasteiger partial charge is 0.245 e. The Morgan fingerprint density at radius 3 is 2.90 bits per heavy atom. The number of fused-ring (bicyclic) bond motifs is 1. The molecule has 3 heterocycles. The Morgan fingerprint density at radius 2 is 2.14 bits per heavy atom. The molecule has 1 unspecified atom stereocenters. The van der Waals surface area contributed by atoms with Crippen LogP contribution in [0.5, 0.6) is 0 Å². The molecule has 152 valence electrons. The van der Waals surface area contributed by atoms with E-state index in [1.165, 1.54) is 5.56 Å². The van der Waals surface area contributed by atoms with Crippen LogP contribution in [0.15, 0.2) is 42.7 Å². The average molecular weight is 395 g/mol. The van der Waals surface area contributed by atoms with Crippen LogP contribution >= 0.6 is 0 Å². The van der Waals surface area contributed by atoms with Crippen molar-refractivity contribution < 1.29 is 14.1 Å². The fourth-order valence-corrected chi connectivity index (χ4v) is 3.63. The van der Waals surface area contributed by atoms with E-state index in [0.29, 0.717) is 32.8 Å². The number of carbonyl (C=O) groups excluding carboxylic acids is 1. The van der Waals surface area contributed by atoms with Gasteiger partial charge in [-0.15, -0.1) is 5.10 Å². The van der Waals surface area contributed by atoms with Crippen molar-refractivity contribution >= 4 is 22.6 Å². The first-order valence-electron chi connectivity index (χ1n) is 9.85. The highest BCUT2D eigenvalue weighted by Gasteiger charge is 2.33. The Hall–Kier alpha value is -2.97. The highest BCUT2D eigenvalue weighted by Crippen LogP contribution is 2.30. The van der Waals surface area contributed by atoms with Crippen molar-refractivity contribution in [3.05, 3.63) is 48.3 Å². The molecule has 8 nitrogen and oxygen atoms in total. The predicted molar refractivity (Wildman–Crippen MR) is 111 cm³/mol. The summed E-state index contributed by atoms with van der Waals surface area (Å²) in [6, 6.07) is 9.88. The number of carbonyl (C=O) groups is 1. The normalized spacial score (nSPS) is 16.9. The highest BCUT2D eigenvalue weighted by atomic mass is 16.5. The van der Waals surface area contributed by atoms with Crippen molar-refractivity contribution in [1.29, 1.82) is 0 Å². The van der Waals surface area contributed by atoms with Gasteiger partial charge >= 0.3 is 0 Å². The molecule has 1 atom stereocenters. The maximum Gasteiger partial charge on any atom is 0.245 e. The van der Waals surface area contributed by atoms with Crippen LogP contribution in [0.4, 0.5) is 5.82 Å². The molecule has 1 aliphatic heterocycles. The van der Waals surface area contributed by atoms with Crippen molar-refractivity contribution in [3.63, 3.8) is 0 Å². The van der Waals surface area contributed by atoms with E-state index in [1.807, 2.05) is 33.5 Å². The number of nitrogens with zero attached hydrogens (tertiary/aromatic N) is 4. The Labute approximate surface area is 169 Å². The second-order valence-electron chi connectivity index (χ2n) is 7.34. The van der Waals surface area contributed by atoms with Gasteiger partial charge in [0.15, 0.2) is 18.2 Å². The first kappa shape index (κ1) is 19.4. The number of hydrogen-bond donors (Lipinski definition) is 2. The van der Waals surface area contributed by atoms with Crippen LogP contribution in [0, 0.1) is 6.92 Å². The van der Waals surface area contributed by atoms with Crippen LogP contribution in [0.2, 0.25) is 0 Å². The standard InChI is InChI=1S/C21H26N6O2/c1-15-3-5-16(6-4-15)27-18-13-25(2)10-7-17(18)20(24-27)26-11-12-29-14-19(26)21(28)23-9-8-22/h3-7,10,13,19H,8-9,11-12,14,22H2,1-2H3/p+1. The van der Waals surface area contributed by atoms with E-state index >= 15 is 0 Å². The maximum absolute atomic E-state index is 12.7. The number of anilines is 1. The second kappa shape index (κ2) is 8.18. The number of benzene rings is 1. The number of aromatic nitrogens is 3. The first-order chi connectivity index (χ1) is 14.1. The third-order valence-corrected chi connectivity index (χ3v) is 5.17. The summed E-state index contributed by atoms with van der Waals surface area (Å²) in [4.78, 5) is 14.8. The van der Waals surface area contributed by atoms with E-state index in [4.69, 9.17) is 15.6 Å². The zero-order valence-corrected chi connectivity index (χ0v) is 16.8. The summed E-state index contributed by atoms with van der Waals surface area (Å²) in [5.41, 5.74) is 8.71. The number of nitrogens with one attached hydrogen (secondary N) is 1. The van der Waals surface area contributed by atoms with Gasteiger partial charge < -0.3 is 20.7 Å². The summed E-state index contributed by atoms with van der Waals surface area (Å²) in [5, 5.41) is 8.82. The van der Waals surface area contributed by atoms with Gasteiger partial charge in [0, 0.05) is 25.7 Å². The molecule has 0 bridgehead atoms. The lowest BCUT2D eigenvalue weighted by Gasteiger charge is -2.34. The monoisotopic (exact) mass is 395 g/mol. The quantitative estimate of drug-likeness (QED) is 0.612. The summed E-state index contributed by atoms with van der Waals surface area (Å²) in [6.07, 6.45) is 4.05. The van der Waals surface area contributed by atoms with Crippen molar-refractivity contribution in [2.45, 2.75) is 13.0 Å². The van der Waals surface area contributed by atoms with Gasteiger partial charge in [-0.05, 0) is 19.1 Å². The number of nitrogens with two attached hydrogens (primary N) is 1. The van der Waals surface area contributed by atoms with Gasteiger partial charge in [0.05, 0.1) is 24.3 Å². The minimum Gasteiger partial charge on any atom is -0.377 e. The fraction of sp³-hybridized carbons (Fsp3) is 0.381. The van der Waals surface area contributed by atoms with E-state index < -0.39 is 6.04 Å². The lowest BCUT2D eigenvalue weighted by atomic mass is 10.2. The van der Waals surface area contributed by atoms with Gasteiger partial charge in [-0.1, -0.05) is 17.7 Å². The predicted octanol–water partition coefficient (Wildman–Crippen LogP) is 0.439. The number of ether oxygens (including phenoxy) is 1. The third kappa shape index (κ3) is 3.81. The molecule has 3 aromatic rings. The lowest BCUT2D eigenvalue weighted by Crippen LogP contribution is -2.54. The molecule has 1 amide bonds. The summed E-state index contributed by atoms with van der Waals surface area (Å²) in [6.45, 7) is 4.39. The zero-order valence-electron chi connectivity index (χ0n) is 16.8. The van der Waals surface area contributed by atoms with E-state index in [2.05, 4.69) is 42.7 Å². The van der Waals surface area contributed by atoms with Crippen LogP contribution in [0.1, 0.15) is 5.56 Å². The Balaban J connectivity index is 1.80. The van der Waals surface area contributed by atoms with Gasteiger partial charge in [-0.2, -0.15) is 0 Å². The van der Waals surface area contributed by atoms with Crippen molar-refractivity contribution in [3.8, 4) is 5.69 Å². The number of hydrogen-bond acceptors (Lipinski definition) is 5. The maximum atomic E-state index is 12.7. The Bertz CT molecular complexity index is 1010. The largest absolute Gasteiger partial charge is 0.377 e. The van der Waals surface area contributed by atoms with Gasteiger partial charge in [-0.25, -0.2) is 9.25 Å². The van der Waals surface area contributed by atoms with Crippen molar-refractivity contribution in [1.82, 2.24) is 15.1 Å². The summed E-state index contributed by atoms with van der Waals surface area (Å²) in [5.74, 6) is 0.701. The van der Waals surface area contributed by atoms with E-state index in [-0.39, 0.29) is 5.91 Å². The fourth-order valence-electron chi connectivity index (χ4n) is 3.63. The van der Waals surface area contributed by atoms with Gasteiger partial charge in [0.2, 0.25) is 5.91 Å². The average Bonchev–Trinajstić information content (AvgIpc) is 3.11. The van der Waals surface area contributed by atoms with Crippen LogP contribution in [0.3, 0.4) is 0 Å². The first-order valence-corrected chi connectivity index (χ1v) is 9.85. The highest BCUT2D eigenvalue weighted by molar-refractivity contribution is 5.94. The SMILES string of the molecule is Cc1ccc(-n2nc(N3CCOCC3C(=O)NCCN)c3cc[n+](C)cc32)cc1. The molecular weight excluding hydrogens is 368 g/mol. The number of aryl methyl sites for hydroxylation is 2. The topological polar surface area (TPSA) is 89.3 Å². The zero-order chi connectivity index (χ0) is 20.4. The number of morpholine rings is 1. The molecule has 3 N–H and O–H groups in total. The lowest BCUT2D eigenvalue weighted by molar-refractivity contribution is -0.670. The molecule has 1 aromatic carbocycles. The molecule has 0 radical (unpaired) electrons. The molecule has 0 spiro atoms. The van der Waals surface area contributed by atoms with E-state index in [1.54, 1.807) is 0 Å². The van der Waals surface area contributed by atoms with Crippen LogP contribution in [-0.2, 0) is 16.6 Å². The molecule has 1 saturated heterocycles. The molecule has 1 aliphatic rings. The minimum absolute atomic E-state index is 0.0883. The molecule has 4 rings (SSSR count). The van der Waals surface area contributed by atoms with E-state index in [9.17, 15) is 4.79 Å². The number of amides is 1.